The average Bonchev–Trinajstić information content (AvgIpc) is 2.41. The Kier molecular flexibility index (Phi) is 5.12. The summed E-state index contributed by atoms with van der Waals surface area (Å²) in [5, 5.41) is 0. The lowest BCUT2D eigenvalue weighted by Crippen LogP contribution is -2.48. The second kappa shape index (κ2) is 6.65. The third-order valence-electron chi connectivity index (χ3n) is 3.66. The Hall–Kier alpha value is -0.980. The molecule has 4 nitrogen and oxygen atoms in total. The van der Waals surface area contributed by atoms with Crippen LogP contribution in [-0.4, -0.2) is 31.9 Å². The molecule has 1 saturated heterocycles. The highest BCUT2D eigenvalue weighted by Crippen LogP contribution is 2.18. The molecular formula is C14H21FN2O2S. The maximum atomic E-state index is 12.8. The van der Waals surface area contributed by atoms with Gasteiger partial charge < -0.3 is 0 Å². The van der Waals surface area contributed by atoms with Crippen LogP contribution in [0.3, 0.4) is 0 Å². The van der Waals surface area contributed by atoms with Crippen molar-refractivity contribution in [2.24, 2.45) is 0 Å². The van der Waals surface area contributed by atoms with E-state index in [1.165, 1.54) is 12.1 Å². The standard InChI is InChI=1S/C14H21FN2O2S/c1-12-4-2-3-11-17(12)20(18,19)16-10-9-13-5-7-14(15)8-6-13/h5-8,12,16H,2-4,9-11H2,1H3. The third kappa shape index (κ3) is 4.01. The first-order valence-corrected chi connectivity index (χ1v) is 8.44. The Balaban J connectivity index is 1.87. The van der Waals surface area contributed by atoms with E-state index in [4.69, 9.17) is 0 Å². The fourth-order valence-electron chi connectivity index (χ4n) is 2.49. The molecule has 112 valence electrons. The second-order valence-corrected chi connectivity index (χ2v) is 6.94. The molecular weight excluding hydrogens is 279 g/mol. The van der Waals surface area contributed by atoms with E-state index < -0.39 is 10.2 Å². The molecule has 0 spiro atoms. The summed E-state index contributed by atoms with van der Waals surface area (Å²) in [5.41, 5.74) is 0.917. The molecule has 2 rings (SSSR count). The van der Waals surface area contributed by atoms with Crippen molar-refractivity contribution >= 4 is 10.2 Å². The Morgan fingerprint density at radius 2 is 2.00 bits per heavy atom. The van der Waals surface area contributed by atoms with E-state index in [2.05, 4.69) is 4.72 Å². The normalized spacial score (nSPS) is 21.0. The van der Waals surface area contributed by atoms with Crippen LogP contribution in [0.15, 0.2) is 24.3 Å². The second-order valence-electron chi connectivity index (χ2n) is 5.23. The van der Waals surface area contributed by atoms with Crippen LogP contribution in [0.5, 0.6) is 0 Å². The summed E-state index contributed by atoms with van der Waals surface area (Å²) in [6, 6.07) is 6.18. The van der Waals surface area contributed by atoms with E-state index in [-0.39, 0.29) is 11.9 Å². The number of halogens is 1. The van der Waals surface area contributed by atoms with Gasteiger partial charge in [-0.05, 0) is 43.9 Å². The molecule has 1 fully saturated rings. The van der Waals surface area contributed by atoms with E-state index in [1.54, 1.807) is 16.4 Å². The van der Waals surface area contributed by atoms with Crippen molar-refractivity contribution in [2.45, 2.75) is 38.6 Å². The molecule has 0 bridgehead atoms. The van der Waals surface area contributed by atoms with E-state index in [0.29, 0.717) is 19.5 Å². The van der Waals surface area contributed by atoms with E-state index in [1.807, 2.05) is 6.92 Å². The van der Waals surface area contributed by atoms with Gasteiger partial charge in [0.2, 0.25) is 0 Å². The molecule has 0 saturated carbocycles. The van der Waals surface area contributed by atoms with Crippen LogP contribution in [0.1, 0.15) is 31.7 Å². The predicted octanol–water partition coefficient (Wildman–Crippen LogP) is 2.08. The van der Waals surface area contributed by atoms with E-state index >= 15 is 0 Å². The predicted molar refractivity (Wildman–Crippen MR) is 77.0 cm³/mol. The summed E-state index contributed by atoms with van der Waals surface area (Å²) < 4.78 is 41.3. The average molecular weight is 300 g/mol. The van der Waals surface area contributed by atoms with Gasteiger partial charge >= 0.3 is 0 Å². The van der Waals surface area contributed by atoms with Gasteiger partial charge in [0, 0.05) is 19.1 Å². The summed E-state index contributed by atoms with van der Waals surface area (Å²) in [5.74, 6) is -0.281. The van der Waals surface area contributed by atoms with Gasteiger partial charge in [0.15, 0.2) is 0 Å². The largest absolute Gasteiger partial charge is 0.279 e. The van der Waals surface area contributed by atoms with Gasteiger partial charge in [0.25, 0.3) is 10.2 Å². The van der Waals surface area contributed by atoms with E-state index in [0.717, 1.165) is 24.8 Å². The van der Waals surface area contributed by atoms with Crippen molar-refractivity contribution in [1.82, 2.24) is 9.03 Å². The summed E-state index contributed by atoms with van der Waals surface area (Å²) >= 11 is 0. The van der Waals surface area contributed by atoms with Crippen LogP contribution in [0.4, 0.5) is 4.39 Å². The van der Waals surface area contributed by atoms with Crippen LogP contribution in [0, 0.1) is 5.82 Å². The van der Waals surface area contributed by atoms with E-state index in [9.17, 15) is 12.8 Å². The fourth-order valence-corrected chi connectivity index (χ4v) is 3.96. The molecule has 1 unspecified atom stereocenters. The minimum absolute atomic E-state index is 0.0621. The van der Waals surface area contributed by atoms with Crippen LogP contribution in [0.2, 0.25) is 0 Å². The zero-order chi connectivity index (χ0) is 14.6. The highest BCUT2D eigenvalue weighted by molar-refractivity contribution is 7.87. The molecule has 0 amide bonds. The molecule has 1 aliphatic rings. The van der Waals surface area contributed by atoms with Crippen molar-refractivity contribution < 1.29 is 12.8 Å². The molecule has 1 heterocycles. The number of hydrogen-bond acceptors (Lipinski definition) is 2. The zero-order valence-corrected chi connectivity index (χ0v) is 12.5. The minimum atomic E-state index is -3.40. The van der Waals surface area contributed by atoms with Crippen LogP contribution < -0.4 is 4.72 Å². The number of nitrogens with zero attached hydrogens (tertiary/aromatic N) is 1. The lowest BCUT2D eigenvalue weighted by Gasteiger charge is -2.32. The van der Waals surface area contributed by atoms with Crippen molar-refractivity contribution in [3.63, 3.8) is 0 Å². The molecule has 1 aliphatic heterocycles. The van der Waals surface area contributed by atoms with Gasteiger partial charge in [-0.25, -0.2) is 9.11 Å². The summed E-state index contributed by atoms with van der Waals surface area (Å²) in [6.45, 7) is 2.86. The van der Waals surface area contributed by atoms with Gasteiger partial charge in [-0.2, -0.15) is 12.7 Å². The Bertz CT molecular complexity index is 531. The number of piperidine rings is 1. The number of rotatable bonds is 5. The molecule has 6 heteroatoms. The van der Waals surface area contributed by atoms with Crippen molar-refractivity contribution in [3.8, 4) is 0 Å². The Labute approximate surface area is 120 Å². The first-order chi connectivity index (χ1) is 9.49. The quantitative estimate of drug-likeness (QED) is 0.905. The number of nitrogens with one attached hydrogen (secondary N) is 1. The summed E-state index contributed by atoms with van der Waals surface area (Å²) in [6.07, 6.45) is 3.48. The number of hydrogen-bond donors (Lipinski definition) is 1. The highest BCUT2D eigenvalue weighted by Gasteiger charge is 2.28. The monoisotopic (exact) mass is 300 g/mol. The topological polar surface area (TPSA) is 49.4 Å². The third-order valence-corrected chi connectivity index (χ3v) is 5.39. The molecule has 20 heavy (non-hydrogen) atoms. The Morgan fingerprint density at radius 3 is 2.65 bits per heavy atom. The van der Waals surface area contributed by atoms with Crippen molar-refractivity contribution in [3.05, 3.63) is 35.6 Å². The van der Waals surface area contributed by atoms with Gasteiger partial charge in [-0.1, -0.05) is 18.6 Å². The molecule has 1 N–H and O–H groups in total. The molecule has 0 aromatic heterocycles. The summed E-state index contributed by atoms with van der Waals surface area (Å²) in [7, 11) is -3.40. The van der Waals surface area contributed by atoms with Crippen molar-refractivity contribution in [2.75, 3.05) is 13.1 Å². The number of benzene rings is 1. The van der Waals surface area contributed by atoms with Crippen LogP contribution >= 0.6 is 0 Å². The first-order valence-electron chi connectivity index (χ1n) is 7.00. The molecule has 1 aromatic carbocycles. The highest BCUT2D eigenvalue weighted by atomic mass is 32.2. The van der Waals surface area contributed by atoms with Crippen LogP contribution in [0.25, 0.3) is 0 Å². The fraction of sp³-hybridized carbons (Fsp3) is 0.571. The zero-order valence-electron chi connectivity index (χ0n) is 11.7. The lowest BCUT2D eigenvalue weighted by molar-refractivity contribution is 0.265. The first kappa shape index (κ1) is 15.4. The molecule has 0 radical (unpaired) electrons. The van der Waals surface area contributed by atoms with Gasteiger partial charge in [0.05, 0.1) is 0 Å². The molecule has 1 atom stereocenters. The van der Waals surface area contributed by atoms with Gasteiger partial charge in [-0.15, -0.1) is 0 Å². The molecule has 0 aliphatic carbocycles. The van der Waals surface area contributed by atoms with Crippen LogP contribution in [-0.2, 0) is 16.6 Å². The Morgan fingerprint density at radius 1 is 1.30 bits per heavy atom. The van der Waals surface area contributed by atoms with Gasteiger partial charge in [0.1, 0.15) is 5.82 Å². The maximum Gasteiger partial charge on any atom is 0.279 e. The smallest absolute Gasteiger partial charge is 0.207 e. The minimum Gasteiger partial charge on any atom is -0.207 e. The van der Waals surface area contributed by atoms with Crippen molar-refractivity contribution in [1.29, 1.82) is 0 Å². The maximum absolute atomic E-state index is 12.8. The molecule has 1 aromatic rings. The SMILES string of the molecule is CC1CCCCN1S(=O)(=O)NCCc1ccc(F)cc1. The lowest BCUT2D eigenvalue weighted by atomic mass is 10.1. The summed E-state index contributed by atoms with van der Waals surface area (Å²) in [4.78, 5) is 0. The van der Waals surface area contributed by atoms with Gasteiger partial charge in [-0.3, -0.25) is 0 Å².